The number of benzene rings is 1. The van der Waals surface area contributed by atoms with Gasteiger partial charge >= 0.3 is 0 Å². The fourth-order valence-electron chi connectivity index (χ4n) is 4.19. The van der Waals surface area contributed by atoms with Crippen LogP contribution in [0.25, 0.3) is 0 Å². The lowest BCUT2D eigenvalue weighted by Gasteiger charge is -2.42. The number of para-hydroxylation sites is 1. The standard InChI is InChI=1S/C18H28N2/c1-18(2)10-8-16(19-3)15(12-18)13-20-11-9-14-6-4-5-7-17(14)20/h4-7,15-16,19H,8-13H2,1-3H3. The van der Waals surface area contributed by atoms with Crippen molar-refractivity contribution in [1.82, 2.24) is 5.32 Å². The highest BCUT2D eigenvalue weighted by molar-refractivity contribution is 5.57. The lowest BCUT2D eigenvalue weighted by atomic mass is 9.69. The van der Waals surface area contributed by atoms with E-state index in [1.54, 1.807) is 0 Å². The number of hydrogen-bond acceptors (Lipinski definition) is 2. The predicted octanol–water partition coefficient (Wildman–Crippen LogP) is 3.46. The maximum absolute atomic E-state index is 3.56. The van der Waals surface area contributed by atoms with E-state index >= 15 is 0 Å². The Morgan fingerprint density at radius 3 is 2.90 bits per heavy atom. The third-order valence-electron chi connectivity index (χ3n) is 5.32. The average molecular weight is 272 g/mol. The van der Waals surface area contributed by atoms with Gasteiger partial charge in [0.05, 0.1) is 0 Å². The predicted molar refractivity (Wildman–Crippen MR) is 86.3 cm³/mol. The van der Waals surface area contributed by atoms with Crippen LogP contribution in [0.4, 0.5) is 5.69 Å². The van der Waals surface area contributed by atoms with E-state index in [1.165, 1.54) is 50.0 Å². The fourth-order valence-corrected chi connectivity index (χ4v) is 4.19. The first-order valence-electron chi connectivity index (χ1n) is 8.09. The molecule has 3 rings (SSSR count). The Hall–Kier alpha value is -1.02. The van der Waals surface area contributed by atoms with E-state index in [1.807, 2.05) is 0 Å². The molecule has 1 aliphatic heterocycles. The van der Waals surface area contributed by atoms with Crippen LogP contribution in [0.1, 0.15) is 38.7 Å². The van der Waals surface area contributed by atoms with Crippen LogP contribution in [0.15, 0.2) is 24.3 Å². The van der Waals surface area contributed by atoms with Gasteiger partial charge in [0.2, 0.25) is 0 Å². The fraction of sp³-hybridized carbons (Fsp3) is 0.667. The van der Waals surface area contributed by atoms with Gasteiger partial charge in [0.1, 0.15) is 0 Å². The Morgan fingerprint density at radius 1 is 1.30 bits per heavy atom. The van der Waals surface area contributed by atoms with Crippen LogP contribution in [0.3, 0.4) is 0 Å². The summed E-state index contributed by atoms with van der Waals surface area (Å²) in [6.45, 7) is 7.28. The summed E-state index contributed by atoms with van der Waals surface area (Å²) in [6, 6.07) is 9.62. The molecule has 0 bridgehead atoms. The van der Waals surface area contributed by atoms with Crippen LogP contribution in [0.5, 0.6) is 0 Å². The van der Waals surface area contributed by atoms with Crippen LogP contribution >= 0.6 is 0 Å². The molecule has 0 spiro atoms. The second-order valence-electron chi connectivity index (χ2n) is 7.39. The summed E-state index contributed by atoms with van der Waals surface area (Å²) >= 11 is 0. The number of rotatable bonds is 3. The molecule has 1 saturated carbocycles. The molecular weight excluding hydrogens is 244 g/mol. The van der Waals surface area contributed by atoms with Gasteiger partial charge in [0.25, 0.3) is 0 Å². The van der Waals surface area contributed by atoms with Crippen molar-refractivity contribution in [2.75, 3.05) is 25.0 Å². The largest absolute Gasteiger partial charge is 0.371 e. The van der Waals surface area contributed by atoms with Crippen molar-refractivity contribution < 1.29 is 0 Å². The first kappa shape index (κ1) is 13.9. The van der Waals surface area contributed by atoms with Crippen LogP contribution in [-0.4, -0.2) is 26.2 Å². The van der Waals surface area contributed by atoms with E-state index < -0.39 is 0 Å². The molecule has 0 aromatic heterocycles. The molecule has 2 atom stereocenters. The second-order valence-corrected chi connectivity index (χ2v) is 7.39. The lowest BCUT2D eigenvalue weighted by Crippen LogP contribution is -2.46. The maximum atomic E-state index is 3.56. The van der Waals surface area contributed by atoms with Gasteiger partial charge in [-0.3, -0.25) is 0 Å². The molecule has 0 radical (unpaired) electrons. The van der Waals surface area contributed by atoms with Crippen LogP contribution in [0.2, 0.25) is 0 Å². The number of fused-ring (bicyclic) bond motifs is 1. The minimum Gasteiger partial charge on any atom is -0.371 e. The Morgan fingerprint density at radius 2 is 2.10 bits per heavy atom. The summed E-state index contributed by atoms with van der Waals surface area (Å²) < 4.78 is 0. The molecule has 2 unspecified atom stereocenters. The summed E-state index contributed by atoms with van der Waals surface area (Å²) in [7, 11) is 2.13. The summed E-state index contributed by atoms with van der Waals surface area (Å²) in [5.41, 5.74) is 3.52. The van der Waals surface area contributed by atoms with Crippen molar-refractivity contribution in [2.45, 2.75) is 45.6 Å². The van der Waals surface area contributed by atoms with Gasteiger partial charge in [-0.05, 0) is 55.7 Å². The van der Waals surface area contributed by atoms with Gasteiger partial charge in [-0.25, -0.2) is 0 Å². The van der Waals surface area contributed by atoms with E-state index in [0.717, 1.165) is 5.92 Å². The Bertz CT molecular complexity index is 466. The summed E-state index contributed by atoms with van der Waals surface area (Å²) in [4.78, 5) is 2.62. The zero-order valence-corrected chi connectivity index (χ0v) is 13.2. The SMILES string of the molecule is CNC1CCC(C)(C)CC1CN1CCc2ccccc21. The average Bonchev–Trinajstić information content (AvgIpc) is 2.82. The quantitative estimate of drug-likeness (QED) is 0.906. The van der Waals surface area contributed by atoms with Gasteiger partial charge in [-0.1, -0.05) is 32.0 Å². The van der Waals surface area contributed by atoms with Crippen molar-refractivity contribution in [3.8, 4) is 0 Å². The number of hydrogen-bond donors (Lipinski definition) is 1. The van der Waals surface area contributed by atoms with Gasteiger partial charge in [-0.15, -0.1) is 0 Å². The van der Waals surface area contributed by atoms with E-state index in [9.17, 15) is 0 Å². The molecule has 2 aliphatic rings. The molecule has 1 fully saturated rings. The molecule has 2 heteroatoms. The zero-order valence-electron chi connectivity index (χ0n) is 13.2. The third kappa shape index (κ3) is 2.71. The van der Waals surface area contributed by atoms with Gasteiger partial charge < -0.3 is 10.2 Å². The number of anilines is 1. The van der Waals surface area contributed by atoms with E-state index in [4.69, 9.17) is 0 Å². The summed E-state index contributed by atoms with van der Waals surface area (Å²) in [5.74, 6) is 0.773. The van der Waals surface area contributed by atoms with E-state index in [0.29, 0.717) is 11.5 Å². The van der Waals surface area contributed by atoms with Crippen molar-refractivity contribution in [3.05, 3.63) is 29.8 Å². The molecule has 20 heavy (non-hydrogen) atoms. The van der Waals surface area contributed by atoms with Gasteiger partial charge in [0, 0.05) is 24.8 Å². The lowest BCUT2D eigenvalue weighted by molar-refractivity contribution is 0.146. The Labute approximate surface area is 123 Å². The first-order chi connectivity index (χ1) is 9.59. The Kier molecular flexibility index (Phi) is 3.76. The highest BCUT2D eigenvalue weighted by Gasteiger charge is 2.35. The molecule has 1 heterocycles. The number of nitrogens with one attached hydrogen (secondary N) is 1. The molecule has 1 aliphatic carbocycles. The molecule has 0 saturated heterocycles. The van der Waals surface area contributed by atoms with Gasteiger partial charge in [0.15, 0.2) is 0 Å². The van der Waals surface area contributed by atoms with Crippen molar-refractivity contribution in [2.24, 2.45) is 11.3 Å². The van der Waals surface area contributed by atoms with Crippen molar-refractivity contribution >= 4 is 5.69 Å². The highest BCUT2D eigenvalue weighted by Crippen LogP contribution is 2.40. The first-order valence-corrected chi connectivity index (χ1v) is 8.09. The van der Waals surface area contributed by atoms with Crippen LogP contribution in [-0.2, 0) is 6.42 Å². The molecule has 1 aromatic rings. The summed E-state index contributed by atoms with van der Waals surface area (Å²) in [6.07, 6.45) is 5.24. The van der Waals surface area contributed by atoms with Gasteiger partial charge in [-0.2, -0.15) is 0 Å². The second kappa shape index (κ2) is 5.40. The van der Waals surface area contributed by atoms with E-state index in [2.05, 4.69) is 55.4 Å². The Balaban J connectivity index is 1.73. The minimum atomic E-state index is 0.511. The third-order valence-corrected chi connectivity index (χ3v) is 5.32. The normalized spacial score (nSPS) is 28.4. The number of nitrogens with zero attached hydrogens (tertiary/aromatic N) is 1. The molecule has 0 amide bonds. The molecule has 2 nitrogen and oxygen atoms in total. The molecule has 1 aromatic carbocycles. The molecular formula is C18H28N2. The van der Waals surface area contributed by atoms with Crippen LogP contribution < -0.4 is 10.2 Å². The zero-order chi connectivity index (χ0) is 14.2. The maximum Gasteiger partial charge on any atom is 0.0399 e. The van der Waals surface area contributed by atoms with Crippen molar-refractivity contribution in [3.63, 3.8) is 0 Å². The topological polar surface area (TPSA) is 15.3 Å². The molecule has 1 N–H and O–H groups in total. The van der Waals surface area contributed by atoms with E-state index in [-0.39, 0.29) is 0 Å². The van der Waals surface area contributed by atoms with Crippen LogP contribution in [0, 0.1) is 11.3 Å². The highest BCUT2D eigenvalue weighted by atomic mass is 15.2. The smallest absolute Gasteiger partial charge is 0.0399 e. The minimum absolute atomic E-state index is 0.511. The van der Waals surface area contributed by atoms with Crippen molar-refractivity contribution in [1.29, 1.82) is 0 Å². The summed E-state index contributed by atoms with van der Waals surface area (Å²) in [5, 5.41) is 3.56. The monoisotopic (exact) mass is 272 g/mol. The molecule has 110 valence electrons.